The van der Waals surface area contributed by atoms with E-state index in [2.05, 4.69) is 10.0 Å². The van der Waals surface area contributed by atoms with Gasteiger partial charge in [-0.3, -0.25) is 14.3 Å². The van der Waals surface area contributed by atoms with Gasteiger partial charge in [0.1, 0.15) is 0 Å². The highest BCUT2D eigenvalue weighted by Crippen LogP contribution is 2.32. The molecule has 8 heteroatoms. The largest absolute Gasteiger partial charge is 0.326 e. The number of carbonyl (C=O) groups excluding carboxylic acids is 2. The summed E-state index contributed by atoms with van der Waals surface area (Å²) in [5, 5.41) is 4.82. The number of sulfonamides is 1. The molecule has 1 atom stereocenters. The zero-order valence-electron chi connectivity index (χ0n) is 16.3. The van der Waals surface area contributed by atoms with E-state index in [0.29, 0.717) is 17.9 Å². The molecular formula is C22H21N3O4S. The molecule has 0 aliphatic carbocycles. The van der Waals surface area contributed by atoms with Gasteiger partial charge in [-0.25, -0.2) is 8.42 Å². The average Bonchev–Trinajstić information content (AvgIpc) is 3.09. The number of hydrogen-bond acceptors (Lipinski definition) is 4. The fraction of sp³-hybridized carbons (Fsp3) is 0.182. The molecule has 1 saturated heterocycles. The van der Waals surface area contributed by atoms with Crippen molar-refractivity contribution in [1.82, 2.24) is 0 Å². The van der Waals surface area contributed by atoms with E-state index in [1.54, 1.807) is 29.2 Å². The second-order valence-corrected chi connectivity index (χ2v) is 9.09. The normalized spacial score (nSPS) is 16.6. The van der Waals surface area contributed by atoms with Crippen molar-refractivity contribution in [2.75, 3.05) is 27.7 Å². The Hall–Kier alpha value is -3.39. The van der Waals surface area contributed by atoms with Gasteiger partial charge in [0.2, 0.25) is 21.8 Å². The van der Waals surface area contributed by atoms with Gasteiger partial charge in [-0.15, -0.1) is 0 Å². The van der Waals surface area contributed by atoms with Crippen LogP contribution in [0.25, 0.3) is 10.8 Å². The topological polar surface area (TPSA) is 95.6 Å². The molecule has 1 unspecified atom stereocenters. The number of nitrogens with one attached hydrogen (secondary N) is 2. The summed E-state index contributed by atoms with van der Waals surface area (Å²) in [5.41, 5.74) is 1.76. The molecule has 1 aliphatic heterocycles. The molecule has 1 fully saturated rings. The van der Waals surface area contributed by atoms with E-state index in [1.165, 1.54) is 0 Å². The first-order valence-electron chi connectivity index (χ1n) is 9.47. The second-order valence-electron chi connectivity index (χ2n) is 7.34. The zero-order chi connectivity index (χ0) is 21.3. The summed E-state index contributed by atoms with van der Waals surface area (Å²) < 4.78 is 24.9. The lowest BCUT2D eigenvalue weighted by atomic mass is 10.1. The number of benzene rings is 3. The number of amides is 2. The van der Waals surface area contributed by atoms with Gasteiger partial charge >= 0.3 is 0 Å². The third kappa shape index (κ3) is 4.28. The molecular weight excluding hydrogens is 402 g/mol. The molecule has 1 aliphatic rings. The monoisotopic (exact) mass is 423 g/mol. The molecule has 2 amide bonds. The van der Waals surface area contributed by atoms with E-state index in [1.807, 2.05) is 42.5 Å². The van der Waals surface area contributed by atoms with Crippen molar-refractivity contribution >= 4 is 49.7 Å². The van der Waals surface area contributed by atoms with Gasteiger partial charge in [0, 0.05) is 29.7 Å². The van der Waals surface area contributed by atoms with Crippen LogP contribution in [0.1, 0.15) is 6.42 Å². The maximum atomic E-state index is 12.7. The Morgan fingerprint density at radius 2 is 1.63 bits per heavy atom. The van der Waals surface area contributed by atoms with Crippen LogP contribution >= 0.6 is 0 Å². The Morgan fingerprint density at radius 1 is 0.967 bits per heavy atom. The third-order valence-corrected chi connectivity index (χ3v) is 5.62. The first-order chi connectivity index (χ1) is 14.3. The lowest BCUT2D eigenvalue weighted by molar-refractivity contribution is -0.122. The van der Waals surface area contributed by atoms with Crippen molar-refractivity contribution < 1.29 is 18.0 Å². The summed E-state index contributed by atoms with van der Waals surface area (Å²) in [7, 11) is -3.36. The minimum absolute atomic E-state index is 0.0841. The van der Waals surface area contributed by atoms with Crippen LogP contribution in [0.4, 0.5) is 17.1 Å². The molecule has 3 aromatic carbocycles. The number of rotatable bonds is 5. The van der Waals surface area contributed by atoms with Crippen molar-refractivity contribution in [3.63, 3.8) is 0 Å². The first kappa shape index (κ1) is 19.9. The molecule has 0 bridgehead atoms. The molecule has 1 heterocycles. The van der Waals surface area contributed by atoms with Gasteiger partial charge in [0.15, 0.2) is 0 Å². The molecule has 0 aromatic heterocycles. The number of carbonyl (C=O) groups is 2. The fourth-order valence-electron chi connectivity index (χ4n) is 3.64. The summed E-state index contributed by atoms with van der Waals surface area (Å²) in [6.07, 6.45) is 1.21. The van der Waals surface area contributed by atoms with E-state index in [4.69, 9.17) is 0 Å². The highest BCUT2D eigenvalue weighted by Gasteiger charge is 2.35. The van der Waals surface area contributed by atoms with E-state index in [-0.39, 0.29) is 18.2 Å². The predicted molar refractivity (Wildman–Crippen MR) is 118 cm³/mol. The van der Waals surface area contributed by atoms with Crippen molar-refractivity contribution in [2.45, 2.75) is 6.42 Å². The van der Waals surface area contributed by atoms with Gasteiger partial charge in [-0.1, -0.05) is 36.4 Å². The molecule has 2 N–H and O–H groups in total. The van der Waals surface area contributed by atoms with Crippen LogP contribution in [0.3, 0.4) is 0 Å². The second kappa shape index (κ2) is 7.79. The Labute approximate surface area is 174 Å². The maximum absolute atomic E-state index is 12.7. The summed E-state index contributed by atoms with van der Waals surface area (Å²) in [5.74, 6) is -0.792. The van der Waals surface area contributed by atoms with E-state index >= 15 is 0 Å². The van der Waals surface area contributed by atoms with E-state index in [9.17, 15) is 18.0 Å². The summed E-state index contributed by atoms with van der Waals surface area (Å²) in [6.45, 7) is 0.312. The van der Waals surface area contributed by atoms with Crippen molar-refractivity contribution in [3.8, 4) is 0 Å². The molecule has 0 saturated carbocycles. The summed E-state index contributed by atoms with van der Waals surface area (Å²) in [6, 6.07) is 20.0. The van der Waals surface area contributed by atoms with Gasteiger partial charge in [0.25, 0.3) is 0 Å². The first-order valence-corrected chi connectivity index (χ1v) is 11.4. The predicted octanol–water partition coefficient (Wildman–Crippen LogP) is 3.20. The van der Waals surface area contributed by atoms with Crippen molar-refractivity contribution in [2.24, 2.45) is 5.92 Å². The lowest BCUT2D eigenvalue weighted by Gasteiger charge is -2.19. The molecule has 3 aromatic rings. The Morgan fingerprint density at radius 3 is 2.37 bits per heavy atom. The molecule has 154 valence electrons. The van der Waals surface area contributed by atoms with Crippen LogP contribution < -0.4 is 14.9 Å². The number of anilines is 3. The third-order valence-electron chi connectivity index (χ3n) is 5.01. The Bertz CT molecular complexity index is 1220. The SMILES string of the molecule is CS(=O)(=O)Nc1ccc(NC(=O)C2CC(=O)N(c3cccc4ccccc34)C2)cc1. The molecule has 30 heavy (non-hydrogen) atoms. The average molecular weight is 423 g/mol. The number of hydrogen-bond donors (Lipinski definition) is 2. The summed E-state index contributed by atoms with van der Waals surface area (Å²) in [4.78, 5) is 27.0. The quantitative estimate of drug-likeness (QED) is 0.659. The molecule has 0 spiro atoms. The smallest absolute Gasteiger partial charge is 0.229 e. The van der Waals surface area contributed by atoms with Crippen LogP contribution in [-0.2, 0) is 19.6 Å². The standard InChI is InChI=1S/C22H21N3O4S/c1-30(28,29)24-18-11-9-17(10-12-18)23-22(27)16-13-21(26)25(14-16)20-8-4-6-15-5-2-3-7-19(15)20/h2-12,16,24H,13-14H2,1H3,(H,23,27). The minimum Gasteiger partial charge on any atom is -0.326 e. The van der Waals surface area contributed by atoms with Crippen LogP contribution in [0.15, 0.2) is 66.7 Å². The lowest BCUT2D eigenvalue weighted by Crippen LogP contribution is -2.28. The van der Waals surface area contributed by atoms with Gasteiger partial charge < -0.3 is 10.2 Å². The van der Waals surface area contributed by atoms with Gasteiger partial charge in [0.05, 0.1) is 17.9 Å². The van der Waals surface area contributed by atoms with Crippen LogP contribution in [0.2, 0.25) is 0 Å². The highest BCUT2D eigenvalue weighted by molar-refractivity contribution is 7.92. The molecule has 4 rings (SSSR count). The highest BCUT2D eigenvalue weighted by atomic mass is 32.2. The number of fused-ring (bicyclic) bond motifs is 1. The number of nitrogens with zero attached hydrogens (tertiary/aromatic N) is 1. The Kier molecular flexibility index (Phi) is 5.17. The fourth-order valence-corrected chi connectivity index (χ4v) is 4.20. The van der Waals surface area contributed by atoms with Crippen molar-refractivity contribution in [3.05, 3.63) is 66.7 Å². The zero-order valence-corrected chi connectivity index (χ0v) is 17.1. The van der Waals surface area contributed by atoms with Crippen molar-refractivity contribution in [1.29, 1.82) is 0 Å². The Balaban J connectivity index is 1.47. The minimum atomic E-state index is -3.36. The van der Waals surface area contributed by atoms with Crippen LogP contribution in [-0.4, -0.2) is 33.0 Å². The van der Waals surface area contributed by atoms with Crippen LogP contribution in [0.5, 0.6) is 0 Å². The molecule has 7 nitrogen and oxygen atoms in total. The van der Waals surface area contributed by atoms with E-state index < -0.39 is 15.9 Å². The van der Waals surface area contributed by atoms with E-state index in [0.717, 1.165) is 22.7 Å². The van der Waals surface area contributed by atoms with Crippen LogP contribution in [0, 0.1) is 5.92 Å². The van der Waals surface area contributed by atoms with Gasteiger partial charge in [-0.05, 0) is 35.7 Å². The van der Waals surface area contributed by atoms with Gasteiger partial charge in [-0.2, -0.15) is 0 Å². The maximum Gasteiger partial charge on any atom is 0.229 e. The molecule has 0 radical (unpaired) electrons. The summed E-state index contributed by atoms with van der Waals surface area (Å²) >= 11 is 0.